The van der Waals surface area contributed by atoms with E-state index in [1.807, 2.05) is 12.1 Å². The van der Waals surface area contributed by atoms with Crippen LogP contribution in [0.3, 0.4) is 0 Å². The van der Waals surface area contributed by atoms with Crippen LogP contribution < -0.4 is 15.5 Å². The molecule has 4 heterocycles. The molecule has 0 atom stereocenters. The Morgan fingerprint density at radius 2 is 1.70 bits per heavy atom. The summed E-state index contributed by atoms with van der Waals surface area (Å²) >= 11 is 1.24. The van der Waals surface area contributed by atoms with Crippen LogP contribution in [0.4, 0.5) is 26.0 Å². The van der Waals surface area contributed by atoms with Crippen molar-refractivity contribution in [3.8, 4) is 0 Å². The highest BCUT2D eigenvalue weighted by atomic mass is 32.2. The van der Waals surface area contributed by atoms with Crippen molar-refractivity contribution < 1.29 is 26.7 Å². The molecule has 1 amide bonds. The number of nitrogens with zero attached hydrogens (tertiary/aromatic N) is 4. The summed E-state index contributed by atoms with van der Waals surface area (Å²) in [5.41, 5.74) is 2.69. The summed E-state index contributed by atoms with van der Waals surface area (Å²) in [6.07, 6.45) is 3.28. The summed E-state index contributed by atoms with van der Waals surface area (Å²) < 4.78 is 59.5. The number of rotatable bonds is 9. The number of carbonyl (C=O) groups is 1. The Bertz CT molecular complexity index is 2130. The maximum absolute atomic E-state index is 13.8. The minimum Gasteiger partial charge on any atom is -0.381 e. The molecule has 0 spiro atoms. The normalized spacial score (nSPS) is 16.1. The average Bonchev–Trinajstić information content (AvgIpc) is 3.50. The summed E-state index contributed by atoms with van der Waals surface area (Å²) in [4.78, 5) is 23.5. The van der Waals surface area contributed by atoms with Gasteiger partial charge < -0.3 is 25.2 Å². The number of sulfone groups is 1. The molecule has 5 aromatic rings. The Balaban J connectivity index is 1.12. The Kier molecular flexibility index (Phi) is 9.73. The van der Waals surface area contributed by atoms with Crippen LogP contribution in [0.2, 0.25) is 0 Å². The highest BCUT2D eigenvalue weighted by molar-refractivity contribution is 7.99. The number of anilines is 3. The van der Waals surface area contributed by atoms with E-state index in [4.69, 9.17) is 4.74 Å². The fourth-order valence-corrected chi connectivity index (χ4v) is 8.35. The maximum atomic E-state index is 13.8. The van der Waals surface area contributed by atoms with Gasteiger partial charge in [-0.15, -0.1) is 0 Å². The Morgan fingerprint density at radius 1 is 0.940 bits per heavy atom. The summed E-state index contributed by atoms with van der Waals surface area (Å²) in [5.74, 6) is -1.92. The summed E-state index contributed by atoms with van der Waals surface area (Å²) in [7, 11) is -2.07. The van der Waals surface area contributed by atoms with Gasteiger partial charge in [0.15, 0.2) is 5.65 Å². The Hall–Kier alpha value is -4.57. The lowest BCUT2D eigenvalue weighted by molar-refractivity contribution is 0.0904. The number of halogens is 2. The van der Waals surface area contributed by atoms with Gasteiger partial charge in [0.25, 0.3) is 5.91 Å². The molecule has 7 rings (SSSR count). The zero-order chi connectivity index (χ0) is 34.8. The number of aromatic amines is 1. The molecule has 3 N–H and O–H groups in total. The lowest BCUT2D eigenvalue weighted by Gasteiger charge is -2.34. The van der Waals surface area contributed by atoms with E-state index in [0.717, 1.165) is 62.5 Å². The van der Waals surface area contributed by atoms with Crippen LogP contribution in [0.5, 0.6) is 0 Å². The molecule has 0 saturated carbocycles. The van der Waals surface area contributed by atoms with Gasteiger partial charge in [0.2, 0.25) is 9.84 Å². The fraction of sp³-hybridized carbons (Fsp3) is 0.286. The number of likely N-dealkylation sites (N-methyl/N-ethyl adjacent to an activating group) is 1. The number of aromatic nitrogens is 3. The number of amides is 1. The van der Waals surface area contributed by atoms with Crippen molar-refractivity contribution in [2.45, 2.75) is 38.5 Å². The zero-order valence-electron chi connectivity index (χ0n) is 27.2. The van der Waals surface area contributed by atoms with Crippen LogP contribution in [0.15, 0.2) is 92.5 Å². The van der Waals surface area contributed by atoms with Gasteiger partial charge >= 0.3 is 0 Å². The van der Waals surface area contributed by atoms with Crippen LogP contribution in [-0.2, 0) is 14.6 Å². The molecule has 50 heavy (non-hydrogen) atoms. The van der Waals surface area contributed by atoms with E-state index >= 15 is 0 Å². The molecule has 3 aromatic carbocycles. The van der Waals surface area contributed by atoms with Crippen molar-refractivity contribution in [1.29, 1.82) is 0 Å². The lowest BCUT2D eigenvalue weighted by atomic mass is 10.1. The average molecular weight is 720 g/mol. The first-order chi connectivity index (χ1) is 24.1. The van der Waals surface area contributed by atoms with Gasteiger partial charge in [-0.25, -0.2) is 22.2 Å². The molecule has 0 radical (unpaired) electrons. The number of piperazine rings is 1. The number of hydrogen-bond acceptors (Lipinski definition) is 10. The van der Waals surface area contributed by atoms with Crippen LogP contribution in [0.1, 0.15) is 23.2 Å². The topological polar surface area (TPSA) is 133 Å². The van der Waals surface area contributed by atoms with Gasteiger partial charge in [-0.1, -0.05) is 17.8 Å². The van der Waals surface area contributed by atoms with E-state index in [2.05, 4.69) is 48.7 Å². The smallest absolute Gasteiger partial charge is 0.258 e. The Morgan fingerprint density at radius 3 is 2.46 bits per heavy atom. The molecule has 0 aliphatic carbocycles. The lowest BCUT2D eigenvalue weighted by Crippen LogP contribution is -2.44. The predicted octanol–water partition coefficient (Wildman–Crippen LogP) is 5.82. The second-order valence-corrected chi connectivity index (χ2v) is 15.4. The van der Waals surface area contributed by atoms with E-state index in [1.165, 1.54) is 23.9 Å². The summed E-state index contributed by atoms with van der Waals surface area (Å²) in [5, 5.41) is 14.3. The maximum Gasteiger partial charge on any atom is 0.258 e. The third-order valence-electron chi connectivity index (χ3n) is 8.82. The molecule has 2 fully saturated rings. The first-order valence-corrected chi connectivity index (χ1v) is 18.5. The van der Waals surface area contributed by atoms with Crippen molar-refractivity contribution in [2.75, 3.05) is 62.0 Å². The number of ether oxygens (including phenoxy) is 1. The molecular weight excluding hydrogens is 685 g/mol. The monoisotopic (exact) mass is 719 g/mol. The van der Waals surface area contributed by atoms with Gasteiger partial charge in [0.05, 0.1) is 20.7 Å². The molecule has 2 aliphatic heterocycles. The number of nitrogens with one attached hydrogen (secondary N) is 3. The van der Waals surface area contributed by atoms with Crippen molar-refractivity contribution >= 4 is 55.7 Å². The zero-order valence-corrected chi connectivity index (χ0v) is 28.8. The third kappa shape index (κ3) is 7.45. The van der Waals surface area contributed by atoms with Crippen LogP contribution in [-0.4, -0.2) is 86.9 Å². The quantitative estimate of drug-likeness (QED) is 0.171. The number of benzene rings is 3. The Labute approximate surface area is 292 Å². The van der Waals surface area contributed by atoms with E-state index in [-0.39, 0.29) is 16.8 Å². The first kappa shape index (κ1) is 33.9. The molecule has 15 heteroatoms. The number of H-pyrrole nitrogens is 1. The van der Waals surface area contributed by atoms with Gasteiger partial charge in [0.1, 0.15) is 17.5 Å². The van der Waals surface area contributed by atoms with Crippen LogP contribution in [0, 0.1) is 11.6 Å². The molecular formula is C35H35F2N7O4S2. The first-order valence-electron chi connectivity index (χ1n) is 16.2. The molecule has 2 aliphatic rings. The van der Waals surface area contributed by atoms with E-state index in [9.17, 15) is 22.0 Å². The molecule has 0 bridgehead atoms. The number of hydrogen-bond donors (Lipinski definition) is 3. The van der Waals surface area contributed by atoms with Crippen LogP contribution >= 0.6 is 11.8 Å². The molecule has 11 nitrogen and oxygen atoms in total. The summed E-state index contributed by atoms with van der Waals surface area (Å²) in [6, 6.07) is 16.1. The van der Waals surface area contributed by atoms with Gasteiger partial charge in [-0.2, -0.15) is 5.10 Å². The van der Waals surface area contributed by atoms with Gasteiger partial charge in [-0.05, 0) is 74.5 Å². The van der Waals surface area contributed by atoms with Crippen LogP contribution in [0.25, 0.3) is 11.0 Å². The summed E-state index contributed by atoms with van der Waals surface area (Å²) in [6.45, 7) is 5.06. The third-order valence-corrected chi connectivity index (χ3v) is 11.5. The van der Waals surface area contributed by atoms with Crippen molar-refractivity contribution in [3.63, 3.8) is 0 Å². The number of carbonyl (C=O) groups excluding carboxylic acids is 1. The van der Waals surface area contributed by atoms with Crippen molar-refractivity contribution in [2.24, 2.45) is 0 Å². The second kappa shape index (κ2) is 14.3. The van der Waals surface area contributed by atoms with Crippen molar-refractivity contribution in [3.05, 3.63) is 90.1 Å². The van der Waals surface area contributed by atoms with E-state index in [1.54, 1.807) is 24.4 Å². The highest BCUT2D eigenvalue weighted by Gasteiger charge is 2.23. The SMILES string of the molecule is CN1CCN(c2ccc(C(=O)Nc3[nH]nc4ncc(Sc5cccc(S(=O)(=O)c6cc(F)cc(F)c6)c5)cc34)c(NC3CCOCC3)c2)CC1. The number of fused-ring (bicyclic) bond motifs is 1. The van der Waals surface area contributed by atoms with Gasteiger partial charge in [0, 0.05) is 78.9 Å². The van der Waals surface area contributed by atoms with E-state index in [0.29, 0.717) is 51.5 Å². The number of pyridine rings is 1. The predicted molar refractivity (Wildman–Crippen MR) is 188 cm³/mol. The molecule has 260 valence electrons. The molecule has 2 saturated heterocycles. The fourth-order valence-electron chi connectivity index (χ4n) is 6.05. The minimum atomic E-state index is -4.18. The largest absolute Gasteiger partial charge is 0.381 e. The van der Waals surface area contributed by atoms with E-state index < -0.39 is 26.4 Å². The standard InChI is InChI=1S/C35H35F2N7O4S2/c1-43-9-11-44(12-10-43)25-5-6-30(32(18-25)39-24-7-13-48-14-8-24)35(45)40-34-31-20-27(21-38-33(31)41-42-34)49-26-3-2-4-28(19-26)50(46,47)29-16-22(36)15-23(37)17-29/h2-6,15-21,24,39H,7-14H2,1H3,(H2,38,40,41,42,45). The molecule has 0 unspecified atom stereocenters. The van der Waals surface area contributed by atoms with Gasteiger partial charge in [-0.3, -0.25) is 9.89 Å². The minimum absolute atomic E-state index is 0.110. The molecule has 2 aromatic heterocycles. The second-order valence-electron chi connectivity index (χ2n) is 12.3. The van der Waals surface area contributed by atoms with Crippen molar-refractivity contribution in [1.82, 2.24) is 20.1 Å². The highest BCUT2D eigenvalue weighted by Crippen LogP contribution is 2.34.